The molecule has 2 aliphatic rings. The Bertz CT molecular complexity index is 1550. The first-order valence-electron chi connectivity index (χ1n) is 15.4. The Morgan fingerprint density at radius 1 is 1.00 bits per heavy atom. The number of fused-ring (bicyclic) bond motifs is 1. The molecule has 44 heavy (non-hydrogen) atoms. The predicted octanol–water partition coefficient (Wildman–Crippen LogP) is 6.68. The summed E-state index contributed by atoms with van der Waals surface area (Å²) in [5, 5.41) is 2.98. The van der Waals surface area contributed by atoms with E-state index >= 15 is 0 Å². The van der Waals surface area contributed by atoms with E-state index in [4.69, 9.17) is 9.47 Å². The van der Waals surface area contributed by atoms with Crippen LogP contribution in [0.5, 0.6) is 0 Å². The van der Waals surface area contributed by atoms with Gasteiger partial charge in [0.05, 0.1) is 17.3 Å². The van der Waals surface area contributed by atoms with E-state index in [-0.39, 0.29) is 23.0 Å². The van der Waals surface area contributed by atoms with Gasteiger partial charge in [-0.1, -0.05) is 37.3 Å². The molecule has 1 saturated heterocycles. The standard InChI is InChI=1S/C35H42N2O5S2/c1-3-17-41-20-21-43-33-11-6-27(7-12-33)28-8-13-34-30(23-28)24-29(16-22-44(34,39)40)35(38)36-31-9-4-26(5-10-31)25-37(2)32-14-18-42-19-15-32/h4-13,23-24,32H,3,14-22,25H2,1-2H3,(H,36,38). The Morgan fingerprint density at radius 2 is 1.73 bits per heavy atom. The number of amides is 1. The van der Waals surface area contributed by atoms with Gasteiger partial charge in [-0.25, -0.2) is 8.42 Å². The molecule has 3 aromatic carbocycles. The second kappa shape index (κ2) is 15.4. The number of ether oxygens (including phenoxy) is 2. The molecule has 0 saturated carbocycles. The minimum absolute atomic E-state index is 0.107. The van der Waals surface area contributed by atoms with Crippen LogP contribution in [0.3, 0.4) is 0 Å². The highest BCUT2D eigenvalue weighted by Crippen LogP contribution is 2.32. The first-order chi connectivity index (χ1) is 21.3. The predicted molar refractivity (Wildman–Crippen MR) is 179 cm³/mol. The molecule has 1 amide bonds. The number of carbonyl (C=O) groups is 1. The van der Waals surface area contributed by atoms with Crippen LogP contribution in [0.15, 0.2) is 82.1 Å². The number of thioether (sulfide) groups is 1. The zero-order valence-electron chi connectivity index (χ0n) is 25.6. The van der Waals surface area contributed by atoms with Gasteiger partial charge in [-0.3, -0.25) is 9.69 Å². The molecule has 0 radical (unpaired) electrons. The van der Waals surface area contributed by atoms with Gasteiger partial charge >= 0.3 is 0 Å². The van der Waals surface area contributed by atoms with E-state index in [1.54, 1.807) is 23.9 Å². The summed E-state index contributed by atoms with van der Waals surface area (Å²) in [5.41, 5.74) is 4.74. The maximum absolute atomic E-state index is 13.3. The van der Waals surface area contributed by atoms with Gasteiger partial charge in [0, 0.05) is 54.3 Å². The van der Waals surface area contributed by atoms with Crippen LogP contribution < -0.4 is 5.32 Å². The number of rotatable bonds is 12. The van der Waals surface area contributed by atoms with Crippen molar-refractivity contribution in [1.82, 2.24) is 4.90 Å². The number of hydrogen-bond acceptors (Lipinski definition) is 7. The third-order valence-corrected chi connectivity index (χ3v) is 10.9. The first kappa shape index (κ1) is 32.4. The zero-order chi connectivity index (χ0) is 30.9. The van der Waals surface area contributed by atoms with E-state index in [9.17, 15) is 13.2 Å². The number of sulfone groups is 1. The van der Waals surface area contributed by atoms with Crippen LogP contribution >= 0.6 is 11.8 Å². The fourth-order valence-electron chi connectivity index (χ4n) is 5.57. The molecular formula is C35H42N2O5S2. The maximum Gasteiger partial charge on any atom is 0.251 e. The molecule has 3 aromatic rings. The molecule has 0 bridgehead atoms. The highest BCUT2D eigenvalue weighted by molar-refractivity contribution is 7.99. The largest absolute Gasteiger partial charge is 0.381 e. The van der Waals surface area contributed by atoms with Crippen molar-refractivity contribution in [2.75, 3.05) is 50.3 Å². The molecule has 2 aliphatic heterocycles. The maximum atomic E-state index is 13.3. The average Bonchev–Trinajstić information content (AvgIpc) is 3.17. The van der Waals surface area contributed by atoms with Crippen LogP contribution in [-0.4, -0.2) is 70.2 Å². The van der Waals surface area contributed by atoms with Gasteiger partial charge in [-0.05, 0) is 97.5 Å². The van der Waals surface area contributed by atoms with Gasteiger partial charge in [0.15, 0.2) is 9.84 Å². The van der Waals surface area contributed by atoms with E-state index in [1.807, 2.05) is 48.5 Å². The fourth-order valence-corrected chi connectivity index (χ4v) is 7.80. The number of benzene rings is 3. The first-order valence-corrected chi connectivity index (χ1v) is 18.0. The van der Waals surface area contributed by atoms with Crippen molar-refractivity contribution in [3.8, 4) is 11.1 Å². The Hall–Kier alpha value is -2.95. The second-order valence-corrected chi connectivity index (χ2v) is 14.6. The number of anilines is 1. The van der Waals surface area contributed by atoms with Crippen molar-refractivity contribution in [2.24, 2.45) is 0 Å². The SMILES string of the molecule is CCCOCCSc1ccc(-c2ccc3c(c2)C=C(C(=O)Nc2ccc(CN(C)C4CCOCC4)cc2)CCS3(=O)=O)cc1. The summed E-state index contributed by atoms with van der Waals surface area (Å²) in [5.74, 6) is 0.503. The second-order valence-electron chi connectivity index (χ2n) is 11.4. The Balaban J connectivity index is 1.26. The summed E-state index contributed by atoms with van der Waals surface area (Å²) in [6.45, 7) is 6.06. The van der Waals surface area contributed by atoms with Crippen LogP contribution in [-0.2, 0) is 30.7 Å². The molecule has 1 fully saturated rings. The smallest absolute Gasteiger partial charge is 0.251 e. The summed E-state index contributed by atoms with van der Waals surface area (Å²) in [6.07, 6.45) is 4.99. The summed E-state index contributed by atoms with van der Waals surface area (Å²) >= 11 is 1.75. The molecular weight excluding hydrogens is 593 g/mol. The van der Waals surface area contributed by atoms with Crippen molar-refractivity contribution in [2.45, 2.75) is 55.0 Å². The van der Waals surface area contributed by atoms with Gasteiger partial charge < -0.3 is 14.8 Å². The van der Waals surface area contributed by atoms with Crippen LogP contribution in [0, 0.1) is 0 Å². The minimum Gasteiger partial charge on any atom is -0.381 e. The monoisotopic (exact) mass is 634 g/mol. The number of nitrogens with one attached hydrogen (secondary N) is 1. The van der Waals surface area contributed by atoms with Gasteiger partial charge in [0.1, 0.15) is 0 Å². The Kier molecular flexibility index (Phi) is 11.3. The van der Waals surface area contributed by atoms with Crippen molar-refractivity contribution < 1.29 is 22.7 Å². The highest BCUT2D eigenvalue weighted by atomic mass is 32.2. The normalized spacial score (nSPS) is 16.7. The molecule has 0 aliphatic carbocycles. The molecule has 2 heterocycles. The lowest BCUT2D eigenvalue weighted by molar-refractivity contribution is -0.112. The highest BCUT2D eigenvalue weighted by Gasteiger charge is 2.25. The van der Waals surface area contributed by atoms with Crippen LogP contribution in [0.1, 0.15) is 43.7 Å². The quantitative estimate of drug-likeness (QED) is 0.176. The molecule has 234 valence electrons. The van der Waals surface area contributed by atoms with E-state index < -0.39 is 9.84 Å². The summed E-state index contributed by atoms with van der Waals surface area (Å²) in [6, 6.07) is 22.0. The van der Waals surface area contributed by atoms with Crippen LogP contribution in [0.25, 0.3) is 17.2 Å². The van der Waals surface area contributed by atoms with Crippen LogP contribution in [0.4, 0.5) is 5.69 Å². The van der Waals surface area contributed by atoms with Crippen molar-refractivity contribution in [1.29, 1.82) is 0 Å². The van der Waals surface area contributed by atoms with E-state index in [1.165, 1.54) is 5.56 Å². The Labute approximate surface area is 265 Å². The van der Waals surface area contributed by atoms with Gasteiger partial charge in [-0.15, -0.1) is 11.8 Å². The molecule has 5 rings (SSSR count). The number of carbonyl (C=O) groups excluding carboxylic acids is 1. The van der Waals surface area contributed by atoms with E-state index in [2.05, 4.69) is 36.3 Å². The molecule has 0 atom stereocenters. The van der Waals surface area contributed by atoms with E-state index in [0.717, 1.165) is 74.0 Å². The molecule has 9 heteroatoms. The summed E-state index contributed by atoms with van der Waals surface area (Å²) in [4.78, 5) is 17.1. The van der Waals surface area contributed by atoms with Crippen molar-refractivity contribution in [3.63, 3.8) is 0 Å². The minimum atomic E-state index is -3.53. The molecule has 0 unspecified atom stereocenters. The topological polar surface area (TPSA) is 84.9 Å². The number of nitrogens with zero attached hydrogens (tertiary/aromatic N) is 1. The average molecular weight is 635 g/mol. The fraction of sp³-hybridized carbons (Fsp3) is 0.400. The molecule has 0 spiro atoms. The summed E-state index contributed by atoms with van der Waals surface area (Å²) in [7, 11) is -1.39. The lowest BCUT2D eigenvalue weighted by Crippen LogP contribution is -2.36. The van der Waals surface area contributed by atoms with Gasteiger partial charge in [0.25, 0.3) is 5.91 Å². The van der Waals surface area contributed by atoms with Crippen molar-refractivity contribution >= 4 is 39.3 Å². The molecule has 1 N–H and O–H groups in total. The molecule has 7 nitrogen and oxygen atoms in total. The summed E-state index contributed by atoms with van der Waals surface area (Å²) < 4.78 is 37.3. The lowest BCUT2D eigenvalue weighted by atomic mass is 10.0. The van der Waals surface area contributed by atoms with Gasteiger partial charge in [-0.2, -0.15) is 0 Å². The van der Waals surface area contributed by atoms with Crippen molar-refractivity contribution in [3.05, 3.63) is 83.4 Å². The third-order valence-electron chi connectivity index (χ3n) is 8.10. The third kappa shape index (κ3) is 8.61. The molecule has 0 aromatic heterocycles. The van der Waals surface area contributed by atoms with Gasteiger partial charge in [0.2, 0.25) is 0 Å². The van der Waals surface area contributed by atoms with E-state index in [0.29, 0.717) is 22.9 Å². The number of hydrogen-bond donors (Lipinski definition) is 1. The Morgan fingerprint density at radius 3 is 2.45 bits per heavy atom. The zero-order valence-corrected chi connectivity index (χ0v) is 27.2. The van der Waals surface area contributed by atoms with Crippen LogP contribution in [0.2, 0.25) is 0 Å². The lowest BCUT2D eigenvalue weighted by Gasteiger charge is -2.31.